The number of carbonyl (C=O) groups excluding carboxylic acids is 1. The van der Waals surface area contributed by atoms with E-state index >= 15 is 0 Å². The number of anilines is 1. The van der Waals surface area contributed by atoms with E-state index in [1.165, 1.54) is 19.2 Å². The molecule has 20 heavy (non-hydrogen) atoms. The van der Waals surface area contributed by atoms with Crippen molar-refractivity contribution in [1.29, 1.82) is 0 Å². The fourth-order valence-corrected chi connectivity index (χ4v) is 2.38. The summed E-state index contributed by atoms with van der Waals surface area (Å²) in [6, 6.07) is 8.22. The number of halogens is 2. The first-order chi connectivity index (χ1) is 9.45. The molecule has 0 heterocycles. The molecule has 104 valence electrons. The number of hydrogen-bond donors (Lipinski definition) is 1. The standard InChI is InChI=1S/C15H13Cl2NO2/c1-8-9(4-3-5-13(8)18)15(19)10-6-12(17)14(20-2)7-11(10)16/h3-7H,18H2,1-2H3. The van der Waals surface area contributed by atoms with Crippen LogP contribution in [0.2, 0.25) is 10.0 Å². The second kappa shape index (κ2) is 5.73. The molecule has 2 N–H and O–H groups in total. The normalized spacial score (nSPS) is 10.4. The molecule has 0 fully saturated rings. The first-order valence-corrected chi connectivity index (χ1v) is 6.64. The Morgan fingerprint density at radius 3 is 2.50 bits per heavy atom. The van der Waals surface area contributed by atoms with Gasteiger partial charge in [-0.2, -0.15) is 0 Å². The number of ketones is 1. The molecule has 0 saturated carbocycles. The summed E-state index contributed by atoms with van der Waals surface area (Å²) in [6.07, 6.45) is 0. The second-order valence-corrected chi connectivity index (χ2v) is 5.13. The van der Waals surface area contributed by atoms with E-state index in [0.29, 0.717) is 27.6 Å². The van der Waals surface area contributed by atoms with Crippen molar-refractivity contribution in [1.82, 2.24) is 0 Å². The Bertz CT molecular complexity index is 684. The Kier molecular flexibility index (Phi) is 4.21. The van der Waals surface area contributed by atoms with E-state index in [1.54, 1.807) is 25.1 Å². The summed E-state index contributed by atoms with van der Waals surface area (Å²) in [5, 5.41) is 0.625. The van der Waals surface area contributed by atoms with Crippen molar-refractivity contribution >= 4 is 34.7 Å². The van der Waals surface area contributed by atoms with E-state index in [-0.39, 0.29) is 10.8 Å². The number of rotatable bonds is 3. The molecule has 2 aromatic carbocycles. The van der Waals surface area contributed by atoms with Gasteiger partial charge < -0.3 is 10.5 Å². The van der Waals surface area contributed by atoms with Gasteiger partial charge in [-0.3, -0.25) is 4.79 Å². The molecule has 0 unspecified atom stereocenters. The van der Waals surface area contributed by atoms with Crippen LogP contribution < -0.4 is 10.5 Å². The maximum Gasteiger partial charge on any atom is 0.194 e. The largest absolute Gasteiger partial charge is 0.495 e. The Labute approximate surface area is 127 Å². The molecule has 5 heteroatoms. The van der Waals surface area contributed by atoms with Crippen molar-refractivity contribution in [3.63, 3.8) is 0 Å². The Hall–Kier alpha value is -1.71. The van der Waals surface area contributed by atoms with Crippen LogP contribution in [0.25, 0.3) is 0 Å². The lowest BCUT2D eigenvalue weighted by Crippen LogP contribution is -2.06. The number of nitrogen functional groups attached to an aromatic ring is 1. The average Bonchev–Trinajstić information content (AvgIpc) is 2.43. The van der Waals surface area contributed by atoms with E-state index in [9.17, 15) is 4.79 Å². The molecule has 2 aromatic rings. The van der Waals surface area contributed by atoms with Gasteiger partial charge in [0.05, 0.1) is 17.2 Å². The fourth-order valence-electron chi connectivity index (χ4n) is 1.90. The fraction of sp³-hybridized carbons (Fsp3) is 0.133. The maximum absolute atomic E-state index is 12.6. The monoisotopic (exact) mass is 309 g/mol. The van der Waals surface area contributed by atoms with Crippen LogP contribution in [-0.4, -0.2) is 12.9 Å². The van der Waals surface area contributed by atoms with Gasteiger partial charge in [0.2, 0.25) is 0 Å². The zero-order valence-electron chi connectivity index (χ0n) is 11.0. The van der Waals surface area contributed by atoms with Gasteiger partial charge in [0.15, 0.2) is 5.78 Å². The highest BCUT2D eigenvalue weighted by Gasteiger charge is 2.18. The minimum atomic E-state index is -0.218. The van der Waals surface area contributed by atoms with Crippen molar-refractivity contribution in [3.05, 3.63) is 57.1 Å². The van der Waals surface area contributed by atoms with Crippen LogP contribution in [-0.2, 0) is 0 Å². The first-order valence-electron chi connectivity index (χ1n) is 5.88. The van der Waals surface area contributed by atoms with Gasteiger partial charge in [-0.1, -0.05) is 35.3 Å². The van der Waals surface area contributed by atoms with Crippen LogP contribution in [0.15, 0.2) is 30.3 Å². The molecular weight excluding hydrogens is 297 g/mol. The van der Waals surface area contributed by atoms with Crippen LogP contribution in [0, 0.1) is 6.92 Å². The smallest absolute Gasteiger partial charge is 0.194 e. The predicted octanol–water partition coefficient (Wildman–Crippen LogP) is 4.12. The number of nitrogens with two attached hydrogens (primary N) is 1. The third kappa shape index (κ3) is 2.60. The van der Waals surface area contributed by atoms with Crippen molar-refractivity contribution in [3.8, 4) is 5.75 Å². The molecule has 0 bridgehead atoms. The summed E-state index contributed by atoms with van der Waals surface area (Å²) in [5.74, 6) is 0.210. The third-order valence-corrected chi connectivity index (χ3v) is 3.71. The lowest BCUT2D eigenvalue weighted by atomic mass is 9.98. The SMILES string of the molecule is COc1cc(Cl)c(C(=O)c2cccc(N)c2C)cc1Cl. The van der Waals surface area contributed by atoms with Crippen LogP contribution >= 0.6 is 23.2 Å². The zero-order valence-corrected chi connectivity index (χ0v) is 12.5. The van der Waals surface area contributed by atoms with Crippen molar-refractivity contribution in [2.24, 2.45) is 0 Å². The minimum Gasteiger partial charge on any atom is -0.495 e. The van der Waals surface area contributed by atoms with Crippen LogP contribution in [0.1, 0.15) is 21.5 Å². The second-order valence-electron chi connectivity index (χ2n) is 4.32. The Morgan fingerprint density at radius 2 is 1.85 bits per heavy atom. The van der Waals surface area contributed by atoms with E-state index in [4.69, 9.17) is 33.7 Å². The van der Waals surface area contributed by atoms with Crippen LogP contribution in [0.3, 0.4) is 0 Å². The molecule has 0 atom stereocenters. The molecular formula is C15H13Cl2NO2. The van der Waals surface area contributed by atoms with Gasteiger partial charge in [0.25, 0.3) is 0 Å². The van der Waals surface area contributed by atoms with E-state index in [2.05, 4.69) is 0 Å². The summed E-state index contributed by atoms with van der Waals surface area (Å²) >= 11 is 12.2. The summed E-state index contributed by atoms with van der Waals surface area (Å²) < 4.78 is 5.06. The average molecular weight is 310 g/mol. The van der Waals surface area contributed by atoms with E-state index in [1.807, 2.05) is 0 Å². The Balaban J connectivity index is 2.54. The summed E-state index contributed by atoms with van der Waals surface area (Å²) in [7, 11) is 1.49. The molecule has 2 rings (SSSR count). The third-order valence-electron chi connectivity index (χ3n) is 3.11. The maximum atomic E-state index is 12.6. The van der Waals surface area contributed by atoms with Gasteiger partial charge >= 0.3 is 0 Å². The van der Waals surface area contributed by atoms with Gasteiger partial charge in [-0.05, 0) is 24.6 Å². The number of hydrogen-bond acceptors (Lipinski definition) is 3. The molecule has 0 aliphatic carbocycles. The molecule has 0 aliphatic heterocycles. The number of carbonyl (C=O) groups is 1. The Morgan fingerprint density at radius 1 is 1.15 bits per heavy atom. The topological polar surface area (TPSA) is 52.3 Å². The molecule has 0 spiro atoms. The molecule has 0 aromatic heterocycles. The van der Waals surface area contributed by atoms with Crippen molar-refractivity contribution in [2.45, 2.75) is 6.92 Å². The lowest BCUT2D eigenvalue weighted by Gasteiger charge is -2.11. The highest BCUT2D eigenvalue weighted by molar-refractivity contribution is 6.37. The highest BCUT2D eigenvalue weighted by Crippen LogP contribution is 2.32. The molecule has 0 saturated heterocycles. The predicted molar refractivity (Wildman–Crippen MR) is 82.0 cm³/mol. The van der Waals surface area contributed by atoms with Gasteiger partial charge in [-0.15, -0.1) is 0 Å². The number of benzene rings is 2. The summed E-state index contributed by atoms with van der Waals surface area (Å²) in [6.45, 7) is 1.79. The quantitative estimate of drug-likeness (QED) is 0.685. The van der Waals surface area contributed by atoms with Crippen LogP contribution in [0.5, 0.6) is 5.75 Å². The highest BCUT2D eigenvalue weighted by atomic mass is 35.5. The van der Waals surface area contributed by atoms with Crippen LogP contribution in [0.4, 0.5) is 5.69 Å². The van der Waals surface area contributed by atoms with E-state index < -0.39 is 0 Å². The van der Waals surface area contributed by atoms with Crippen molar-refractivity contribution < 1.29 is 9.53 Å². The van der Waals surface area contributed by atoms with Gasteiger partial charge in [0.1, 0.15) is 5.75 Å². The molecule has 0 amide bonds. The van der Waals surface area contributed by atoms with Gasteiger partial charge in [0, 0.05) is 22.9 Å². The molecule has 0 aliphatic rings. The summed E-state index contributed by atoms with van der Waals surface area (Å²) in [4.78, 5) is 12.6. The van der Waals surface area contributed by atoms with Gasteiger partial charge in [-0.25, -0.2) is 0 Å². The molecule has 0 radical (unpaired) electrons. The number of methoxy groups -OCH3 is 1. The molecule has 3 nitrogen and oxygen atoms in total. The minimum absolute atomic E-state index is 0.218. The zero-order chi connectivity index (χ0) is 14.9. The van der Waals surface area contributed by atoms with Crippen molar-refractivity contribution in [2.75, 3.05) is 12.8 Å². The summed E-state index contributed by atoms with van der Waals surface area (Å²) in [5.41, 5.74) is 7.94. The first kappa shape index (κ1) is 14.7. The van der Waals surface area contributed by atoms with E-state index in [0.717, 1.165) is 5.56 Å². The number of ether oxygens (including phenoxy) is 1. The lowest BCUT2D eigenvalue weighted by molar-refractivity contribution is 0.103.